The van der Waals surface area contributed by atoms with Crippen LogP contribution in [0.2, 0.25) is 0 Å². The topological polar surface area (TPSA) is 49.4 Å². The molecule has 0 aromatic heterocycles. The average molecular weight is 226 g/mol. The first-order valence-electron chi connectivity index (χ1n) is 6.10. The Labute approximate surface area is 97.4 Å². The van der Waals surface area contributed by atoms with Gasteiger partial charge in [0.2, 0.25) is 11.8 Å². The SMILES string of the molecule is CCC(C)C(CN1C(=O)CCCC1=O)NC. The Morgan fingerprint density at radius 3 is 2.31 bits per heavy atom. The number of imide groups is 1. The lowest BCUT2D eigenvalue weighted by Crippen LogP contribution is -2.49. The second-order valence-electron chi connectivity index (χ2n) is 4.53. The normalized spacial score (nSPS) is 21.1. The summed E-state index contributed by atoms with van der Waals surface area (Å²) < 4.78 is 0. The van der Waals surface area contributed by atoms with Crippen molar-refractivity contribution in [1.29, 1.82) is 0 Å². The van der Waals surface area contributed by atoms with Gasteiger partial charge in [-0.2, -0.15) is 0 Å². The van der Waals surface area contributed by atoms with Gasteiger partial charge in [-0.3, -0.25) is 14.5 Å². The number of likely N-dealkylation sites (N-methyl/N-ethyl adjacent to an activating group) is 1. The van der Waals surface area contributed by atoms with Crippen molar-refractivity contribution in [3.63, 3.8) is 0 Å². The molecule has 92 valence electrons. The van der Waals surface area contributed by atoms with E-state index in [2.05, 4.69) is 19.2 Å². The molecule has 0 radical (unpaired) electrons. The quantitative estimate of drug-likeness (QED) is 0.716. The first kappa shape index (κ1) is 13.2. The second kappa shape index (κ2) is 5.99. The fourth-order valence-electron chi connectivity index (χ4n) is 2.04. The Kier molecular flexibility index (Phi) is 4.93. The third-order valence-electron chi connectivity index (χ3n) is 3.46. The number of hydrogen-bond acceptors (Lipinski definition) is 3. The minimum atomic E-state index is -0.0141. The molecule has 0 aromatic carbocycles. The standard InChI is InChI=1S/C12H22N2O2/c1-4-9(2)10(13-3)8-14-11(15)6-5-7-12(14)16/h9-10,13H,4-8H2,1-3H3. The lowest BCUT2D eigenvalue weighted by Gasteiger charge is -2.31. The van der Waals surface area contributed by atoms with Crippen molar-refractivity contribution < 1.29 is 9.59 Å². The van der Waals surface area contributed by atoms with Crippen LogP contribution in [0.25, 0.3) is 0 Å². The molecule has 2 amide bonds. The maximum absolute atomic E-state index is 11.6. The van der Waals surface area contributed by atoms with Gasteiger partial charge in [0.15, 0.2) is 0 Å². The number of amides is 2. The molecule has 1 aliphatic rings. The van der Waals surface area contributed by atoms with Crippen LogP contribution in [-0.4, -0.2) is 36.3 Å². The monoisotopic (exact) mass is 226 g/mol. The van der Waals surface area contributed by atoms with Gasteiger partial charge in [-0.15, -0.1) is 0 Å². The molecule has 2 unspecified atom stereocenters. The van der Waals surface area contributed by atoms with Crippen molar-refractivity contribution >= 4 is 11.8 Å². The molecule has 1 saturated heterocycles. The number of likely N-dealkylation sites (tertiary alicyclic amines) is 1. The van der Waals surface area contributed by atoms with Gasteiger partial charge in [-0.05, 0) is 19.4 Å². The Morgan fingerprint density at radius 1 is 1.31 bits per heavy atom. The summed E-state index contributed by atoms with van der Waals surface area (Å²) in [6.07, 6.45) is 2.79. The first-order chi connectivity index (χ1) is 7.60. The van der Waals surface area contributed by atoms with Crippen LogP contribution in [0.4, 0.5) is 0 Å². The highest BCUT2D eigenvalue weighted by molar-refractivity contribution is 5.97. The van der Waals surface area contributed by atoms with Crippen LogP contribution in [0.3, 0.4) is 0 Å². The number of nitrogens with zero attached hydrogens (tertiary/aromatic N) is 1. The number of carbonyl (C=O) groups is 2. The average Bonchev–Trinajstić information content (AvgIpc) is 2.28. The molecule has 0 bridgehead atoms. The molecular formula is C12H22N2O2. The van der Waals surface area contributed by atoms with Crippen molar-refractivity contribution in [3.8, 4) is 0 Å². The van der Waals surface area contributed by atoms with Gasteiger partial charge >= 0.3 is 0 Å². The van der Waals surface area contributed by atoms with E-state index in [4.69, 9.17) is 0 Å². The Bertz CT molecular complexity index is 250. The van der Waals surface area contributed by atoms with E-state index in [1.165, 1.54) is 4.90 Å². The maximum Gasteiger partial charge on any atom is 0.229 e. The van der Waals surface area contributed by atoms with Crippen molar-refractivity contribution in [2.24, 2.45) is 5.92 Å². The number of hydrogen-bond donors (Lipinski definition) is 1. The molecule has 1 heterocycles. The third-order valence-corrected chi connectivity index (χ3v) is 3.46. The molecular weight excluding hydrogens is 204 g/mol. The van der Waals surface area contributed by atoms with Crippen LogP contribution in [0.5, 0.6) is 0 Å². The van der Waals surface area contributed by atoms with Crippen LogP contribution in [0.1, 0.15) is 39.5 Å². The van der Waals surface area contributed by atoms with Gasteiger partial charge < -0.3 is 5.32 Å². The summed E-state index contributed by atoms with van der Waals surface area (Å²) in [5.74, 6) is 0.437. The zero-order valence-corrected chi connectivity index (χ0v) is 10.5. The summed E-state index contributed by atoms with van der Waals surface area (Å²) in [5.41, 5.74) is 0. The van der Waals surface area contributed by atoms with Gasteiger partial charge in [0, 0.05) is 25.4 Å². The van der Waals surface area contributed by atoms with Gasteiger partial charge in [0.05, 0.1) is 0 Å². The second-order valence-corrected chi connectivity index (χ2v) is 4.53. The maximum atomic E-state index is 11.6. The molecule has 0 saturated carbocycles. The summed E-state index contributed by atoms with van der Waals surface area (Å²) in [6.45, 7) is 4.78. The van der Waals surface area contributed by atoms with Crippen molar-refractivity contribution in [3.05, 3.63) is 0 Å². The van der Waals surface area contributed by atoms with Crippen molar-refractivity contribution in [2.75, 3.05) is 13.6 Å². The molecule has 1 fully saturated rings. The minimum Gasteiger partial charge on any atom is -0.315 e. The predicted molar refractivity (Wildman–Crippen MR) is 62.9 cm³/mol. The van der Waals surface area contributed by atoms with E-state index in [1.54, 1.807) is 0 Å². The van der Waals surface area contributed by atoms with E-state index in [-0.39, 0.29) is 17.9 Å². The Hall–Kier alpha value is -0.900. The molecule has 0 aromatic rings. The lowest BCUT2D eigenvalue weighted by molar-refractivity contribution is -0.148. The van der Waals surface area contributed by atoms with E-state index in [0.717, 1.165) is 6.42 Å². The van der Waals surface area contributed by atoms with Gasteiger partial charge in [0.25, 0.3) is 0 Å². The predicted octanol–water partition coefficient (Wildman–Crippen LogP) is 1.16. The highest BCUT2D eigenvalue weighted by atomic mass is 16.2. The molecule has 1 N–H and O–H groups in total. The largest absolute Gasteiger partial charge is 0.315 e. The van der Waals surface area contributed by atoms with Gasteiger partial charge in [0.1, 0.15) is 0 Å². The number of piperidine rings is 1. The Balaban J connectivity index is 2.62. The number of rotatable bonds is 5. The van der Waals surface area contributed by atoms with Crippen LogP contribution in [0.15, 0.2) is 0 Å². The highest BCUT2D eigenvalue weighted by Crippen LogP contribution is 2.15. The van der Waals surface area contributed by atoms with Crippen LogP contribution in [0, 0.1) is 5.92 Å². The van der Waals surface area contributed by atoms with E-state index < -0.39 is 0 Å². The number of carbonyl (C=O) groups excluding carboxylic acids is 2. The molecule has 1 rings (SSSR count). The van der Waals surface area contributed by atoms with Crippen LogP contribution >= 0.6 is 0 Å². The molecule has 0 spiro atoms. The van der Waals surface area contributed by atoms with Crippen LogP contribution in [-0.2, 0) is 9.59 Å². The summed E-state index contributed by atoms with van der Waals surface area (Å²) in [5, 5.41) is 3.20. The summed E-state index contributed by atoms with van der Waals surface area (Å²) in [6, 6.07) is 0.205. The number of nitrogens with one attached hydrogen (secondary N) is 1. The Morgan fingerprint density at radius 2 is 1.88 bits per heavy atom. The third kappa shape index (κ3) is 3.04. The summed E-state index contributed by atoms with van der Waals surface area (Å²) in [4.78, 5) is 24.7. The smallest absolute Gasteiger partial charge is 0.229 e. The fraction of sp³-hybridized carbons (Fsp3) is 0.833. The van der Waals surface area contributed by atoms with Crippen molar-refractivity contribution in [1.82, 2.24) is 10.2 Å². The zero-order valence-electron chi connectivity index (χ0n) is 10.5. The molecule has 16 heavy (non-hydrogen) atoms. The zero-order chi connectivity index (χ0) is 12.1. The van der Waals surface area contributed by atoms with E-state index in [1.807, 2.05) is 7.05 Å². The van der Waals surface area contributed by atoms with E-state index in [0.29, 0.717) is 31.7 Å². The lowest BCUT2D eigenvalue weighted by atomic mass is 9.97. The van der Waals surface area contributed by atoms with Gasteiger partial charge in [-0.1, -0.05) is 20.3 Å². The molecule has 4 heteroatoms. The molecule has 1 aliphatic heterocycles. The first-order valence-corrected chi connectivity index (χ1v) is 6.10. The van der Waals surface area contributed by atoms with Gasteiger partial charge in [-0.25, -0.2) is 0 Å². The summed E-state index contributed by atoms with van der Waals surface area (Å²) in [7, 11) is 1.88. The van der Waals surface area contributed by atoms with E-state index >= 15 is 0 Å². The van der Waals surface area contributed by atoms with Crippen LogP contribution < -0.4 is 5.32 Å². The van der Waals surface area contributed by atoms with Crippen molar-refractivity contribution in [2.45, 2.75) is 45.6 Å². The molecule has 0 aliphatic carbocycles. The fourth-order valence-corrected chi connectivity index (χ4v) is 2.04. The highest BCUT2D eigenvalue weighted by Gasteiger charge is 2.29. The molecule has 4 nitrogen and oxygen atoms in total. The minimum absolute atomic E-state index is 0.0141. The van der Waals surface area contributed by atoms with E-state index in [9.17, 15) is 9.59 Å². The summed E-state index contributed by atoms with van der Waals surface area (Å²) >= 11 is 0. The molecule has 2 atom stereocenters.